The number of aromatic nitrogens is 5. The van der Waals surface area contributed by atoms with Crippen molar-refractivity contribution in [3.05, 3.63) is 26.2 Å². The van der Waals surface area contributed by atoms with Crippen LogP contribution in [0.2, 0.25) is 0 Å². The van der Waals surface area contributed by atoms with Gasteiger partial charge >= 0.3 is 31.1 Å². The number of alkyl halides is 2. The molecule has 2 N–H and O–H groups in total. The number of hydrogen-bond acceptors (Lipinski definition) is 10. The maximum Gasteiger partial charge on any atom is 2.00 e. The molecule has 2 saturated heterocycles. The molecule has 4 rings (SSSR count). The Balaban J connectivity index is 0.00000193. The number of nitrogen functional groups attached to an aromatic ring is 1. The Labute approximate surface area is 214 Å². The van der Waals surface area contributed by atoms with Gasteiger partial charge in [-0.3, -0.25) is 0 Å². The first-order chi connectivity index (χ1) is 14.9. The van der Waals surface area contributed by atoms with E-state index in [0.29, 0.717) is 64.4 Å². The molecule has 0 spiro atoms. The number of morpholine rings is 1. The first kappa shape index (κ1) is 27.0. The topological polar surface area (TPSA) is 126 Å². The predicted molar refractivity (Wildman–Crippen MR) is 114 cm³/mol. The molecular formula is C19H25F2N9O2U. The minimum Gasteiger partial charge on any atom is -0.378 e. The maximum atomic E-state index is 13.6. The molecule has 14 heteroatoms. The van der Waals surface area contributed by atoms with Gasteiger partial charge in [0, 0.05) is 45.5 Å². The van der Waals surface area contributed by atoms with Crippen molar-refractivity contribution in [2.75, 3.05) is 68.0 Å². The molecule has 0 aliphatic carbocycles. The molecule has 176 valence electrons. The fourth-order valence-electron chi connectivity index (χ4n) is 3.42. The SMILES string of the molecule is [CH2-]C(=O)N1CCN(c2nc(-c3cnc(N)nc3C(F)F)nc(N3CCOCC3)n2)CC1.[CH3-].[U+2]. The summed E-state index contributed by atoms with van der Waals surface area (Å²) in [6.45, 7) is 7.46. The first-order valence-electron chi connectivity index (χ1n) is 9.78. The molecule has 2 aromatic rings. The number of ether oxygens (including phenoxy) is 1. The van der Waals surface area contributed by atoms with Gasteiger partial charge in [0.1, 0.15) is 5.69 Å². The number of nitrogens with zero attached hydrogens (tertiary/aromatic N) is 8. The molecule has 2 fully saturated rings. The molecule has 0 bridgehead atoms. The molecule has 11 nitrogen and oxygen atoms in total. The fraction of sp³-hybridized carbons (Fsp3) is 0.474. The number of rotatable bonds is 4. The van der Waals surface area contributed by atoms with Crippen LogP contribution in [0.5, 0.6) is 0 Å². The van der Waals surface area contributed by atoms with E-state index in [9.17, 15) is 13.6 Å². The van der Waals surface area contributed by atoms with Crippen LogP contribution in [0, 0.1) is 45.5 Å². The minimum absolute atomic E-state index is 0. The largest absolute Gasteiger partial charge is 2.00 e. The van der Waals surface area contributed by atoms with E-state index in [0.717, 1.165) is 0 Å². The second kappa shape index (κ2) is 11.7. The third-order valence-corrected chi connectivity index (χ3v) is 5.11. The second-order valence-electron chi connectivity index (χ2n) is 7.05. The number of carbonyl (C=O) groups excluding carboxylic acids is 1. The molecule has 1 amide bonds. The summed E-state index contributed by atoms with van der Waals surface area (Å²) < 4.78 is 32.6. The van der Waals surface area contributed by atoms with Gasteiger partial charge in [-0.05, 0) is 0 Å². The van der Waals surface area contributed by atoms with Gasteiger partial charge < -0.3 is 44.3 Å². The number of anilines is 3. The summed E-state index contributed by atoms with van der Waals surface area (Å²) in [4.78, 5) is 37.9. The van der Waals surface area contributed by atoms with Crippen LogP contribution in [0.15, 0.2) is 6.20 Å². The number of carbonyl (C=O) groups is 1. The minimum atomic E-state index is -2.88. The van der Waals surface area contributed by atoms with E-state index >= 15 is 0 Å². The number of amides is 1. The average molecular weight is 687 g/mol. The molecule has 0 saturated carbocycles. The number of halogens is 2. The van der Waals surface area contributed by atoms with Gasteiger partial charge in [0.05, 0.1) is 24.7 Å². The van der Waals surface area contributed by atoms with Crippen LogP contribution in [0.3, 0.4) is 0 Å². The normalized spacial score (nSPS) is 16.3. The fourth-order valence-corrected chi connectivity index (χ4v) is 3.42. The van der Waals surface area contributed by atoms with Crippen LogP contribution >= 0.6 is 0 Å². The summed E-state index contributed by atoms with van der Waals surface area (Å²) in [7, 11) is 0. The molecule has 4 heterocycles. The Morgan fingerprint density at radius 3 is 2.12 bits per heavy atom. The van der Waals surface area contributed by atoms with Crippen molar-refractivity contribution >= 4 is 23.8 Å². The van der Waals surface area contributed by atoms with Crippen LogP contribution in [-0.2, 0) is 9.53 Å². The van der Waals surface area contributed by atoms with Gasteiger partial charge in [0.15, 0.2) is 5.82 Å². The predicted octanol–water partition coefficient (Wildman–Crippen LogP) is 0.618. The zero-order valence-corrected chi connectivity index (χ0v) is 22.4. The van der Waals surface area contributed by atoms with Gasteiger partial charge in [0.2, 0.25) is 17.8 Å². The summed E-state index contributed by atoms with van der Waals surface area (Å²) in [5.41, 5.74) is 4.96. The third-order valence-electron chi connectivity index (χ3n) is 5.11. The smallest absolute Gasteiger partial charge is 0.378 e. The molecule has 2 aliphatic heterocycles. The van der Waals surface area contributed by atoms with Crippen molar-refractivity contribution in [2.45, 2.75) is 6.43 Å². The molecule has 2 aliphatic rings. The summed E-state index contributed by atoms with van der Waals surface area (Å²) in [5, 5.41) is 0. The summed E-state index contributed by atoms with van der Waals surface area (Å²) in [6, 6.07) is 0. The van der Waals surface area contributed by atoms with E-state index < -0.39 is 12.1 Å². The van der Waals surface area contributed by atoms with Crippen LogP contribution in [0.1, 0.15) is 12.1 Å². The van der Waals surface area contributed by atoms with Crippen LogP contribution in [0.25, 0.3) is 11.4 Å². The number of nitrogens with two attached hydrogens (primary N) is 1. The Morgan fingerprint density at radius 1 is 1.00 bits per heavy atom. The first-order valence-corrected chi connectivity index (χ1v) is 9.78. The molecule has 0 aromatic carbocycles. The molecule has 0 unspecified atom stereocenters. The molecule has 2 aromatic heterocycles. The molecule has 33 heavy (non-hydrogen) atoms. The Kier molecular flexibility index (Phi) is 9.57. The van der Waals surface area contributed by atoms with Crippen LogP contribution in [-0.4, -0.2) is 88.2 Å². The zero-order chi connectivity index (χ0) is 22.0. The van der Waals surface area contributed by atoms with E-state index in [1.54, 1.807) is 4.90 Å². The zero-order valence-electron chi connectivity index (χ0n) is 18.2. The van der Waals surface area contributed by atoms with E-state index in [1.807, 2.05) is 9.80 Å². The number of hydrogen-bond donors (Lipinski definition) is 1. The molecule has 0 radical (unpaired) electrons. The van der Waals surface area contributed by atoms with E-state index in [-0.39, 0.29) is 61.8 Å². The Morgan fingerprint density at radius 2 is 1.58 bits per heavy atom. The monoisotopic (exact) mass is 687 g/mol. The van der Waals surface area contributed by atoms with E-state index in [2.05, 4.69) is 31.8 Å². The van der Waals surface area contributed by atoms with E-state index in [4.69, 9.17) is 10.5 Å². The van der Waals surface area contributed by atoms with Gasteiger partial charge in [0.25, 0.3) is 6.43 Å². The number of piperazine rings is 1. The van der Waals surface area contributed by atoms with Crippen molar-refractivity contribution in [3.8, 4) is 11.4 Å². The third kappa shape index (κ3) is 6.19. The van der Waals surface area contributed by atoms with Crippen LogP contribution in [0.4, 0.5) is 26.6 Å². The Bertz CT molecular complexity index is 955. The van der Waals surface area contributed by atoms with Crippen molar-refractivity contribution in [1.82, 2.24) is 29.8 Å². The van der Waals surface area contributed by atoms with Gasteiger partial charge in [-0.15, -0.1) is 0 Å². The van der Waals surface area contributed by atoms with Gasteiger partial charge in [-0.1, -0.05) is 0 Å². The standard InChI is InChI=1S/C18H22F2N9O2.CH3.U/c1-11(30)27-2-4-28(5-3-27)17-24-15(12-10-22-16(21)23-13(12)14(19)20)25-18(26-17)29-6-8-31-9-7-29;;/h10,14H,1-9H2,(H2,21,22,23);1H3;/q2*-1;+2. The van der Waals surface area contributed by atoms with Crippen molar-refractivity contribution < 1.29 is 49.4 Å². The van der Waals surface area contributed by atoms with Crippen molar-refractivity contribution in [2.24, 2.45) is 0 Å². The Hall–Kier alpha value is -2.30. The molecule has 0 atom stereocenters. The average Bonchev–Trinajstić information content (AvgIpc) is 2.79. The van der Waals surface area contributed by atoms with Gasteiger partial charge in [-0.2, -0.15) is 15.0 Å². The second-order valence-corrected chi connectivity index (χ2v) is 7.05. The quantitative estimate of drug-likeness (QED) is 0.458. The van der Waals surface area contributed by atoms with E-state index in [1.165, 1.54) is 6.20 Å². The maximum absolute atomic E-state index is 13.6. The van der Waals surface area contributed by atoms with Crippen molar-refractivity contribution in [1.29, 1.82) is 0 Å². The van der Waals surface area contributed by atoms with Crippen molar-refractivity contribution in [3.63, 3.8) is 0 Å². The summed E-state index contributed by atoms with van der Waals surface area (Å²) >= 11 is 0. The molecular weight excluding hydrogens is 662 g/mol. The summed E-state index contributed by atoms with van der Waals surface area (Å²) in [6.07, 6.45) is -1.68. The van der Waals surface area contributed by atoms with Gasteiger partial charge in [-0.25, -0.2) is 18.7 Å². The summed E-state index contributed by atoms with van der Waals surface area (Å²) in [5.74, 6) is 0.231. The van der Waals surface area contributed by atoms with Crippen LogP contribution < -0.4 is 15.5 Å².